The smallest absolute Gasteiger partial charge is 0.0600 e. The van der Waals surface area contributed by atoms with E-state index >= 15 is 0 Å². The molecule has 90 valence electrons. The van der Waals surface area contributed by atoms with Crippen LogP contribution in [-0.2, 0) is 5.54 Å². The van der Waals surface area contributed by atoms with Crippen LogP contribution in [0.25, 0.3) is 5.57 Å². The molecule has 1 nitrogen and oxygen atoms in total. The minimum Gasteiger partial charge on any atom is -0.300 e. The molecule has 1 heterocycles. The van der Waals surface area contributed by atoms with E-state index in [2.05, 4.69) is 79.0 Å². The first-order chi connectivity index (χ1) is 8.78. The van der Waals surface area contributed by atoms with Gasteiger partial charge in [0, 0.05) is 6.54 Å². The molecule has 0 fully saturated rings. The van der Waals surface area contributed by atoms with Gasteiger partial charge in [0.05, 0.1) is 5.54 Å². The topological polar surface area (TPSA) is 12.0 Å². The van der Waals surface area contributed by atoms with Gasteiger partial charge in [-0.3, -0.25) is 0 Å². The molecule has 0 radical (unpaired) electrons. The number of hydrogen-bond donors (Lipinski definition) is 1. The second kappa shape index (κ2) is 4.43. The number of rotatable bonds is 2. The Bertz CT molecular complexity index is 557. The Labute approximate surface area is 108 Å². The molecule has 1 aliphatic rings. The summed E-state index contributed by atoms with van der Waals surface area (Å²) in [5, 5.41) is 3.61. The average Bonchev–Trinajstić information content (AvgIpc) is 2.85. The zero-order valence-electron chi connectivity index (χ0n) is 10.6. The zero-order valence-corrected chi connectivity index (χ0v) is 10.6. The highest BCUT2D eigenvalue weighted by molar-refractivity contribution is 5.71. The molecule has 1 N–H and O–H groups in total. The molecule has 1 heteroatoms. The standard InChI is InChI=1S/C17H17N/c1-17(16-10-6-3-7-11-16)12-15(13-18-17)14-8-4-2-5-9-14/h2-12,18H,13H2,1H3. The van der Waals surface area contributed by atoms with E-state index < -0.39 is 0 Å². The molecule has 3 rings (SSSR count). The lowest BCUT2D eigenvalue weighted by Crippen LogP contribution is -2.33. The van der Waals surface area contributed by atoms with E-state index in [1.165, 1.54) is 16.7 Å². The molecular weight excluding hydrogens is 218 g/mol. The molecule has 1 unspecified atom stereocenters. The largest absolute Gasteiger partial charge is 0.300 e. The maximum absolute atomic E-state index is 3.61. The minimum atomic E-state index is -0.0492. The first kappa shape index (κ1) is 11.2. The summed E-state index contributed by atoms with van der Waals surface area (Å²) < 4.78 is 0. The van der Waals surface area contributed by atoms with Crippen molar-refractivity contribution in [2.45, 2.75) is 12.5 Å². The molecular formula is C17H17N. The van der Waals surface area contributed by atoms with Crippen LogP contribution in [-0.4, -0.2) is 6.54 Å². The number of nitrogens with one attached hydrogen (secondary N) is 1. The second-order valence-electron chi connectivity index (χ2n) is 4.96. The van der Waals surface area contributed by atoms with Crippen LogP contribution in [0.2, 0.25) is 0 Å². The maximum Gasteiger partial charge on any atom is 0.0600 e. The van der Waals surface area contributed by atoms with Crippen molar-refractivity contribution in [1.82, 2.24) is 5.32 Å². The summed E-state index contributed by atoms with van der Waals surface area (Å²) in [6.45, 7) is 3.16. The Morgan fingerprint density at radius 1 is 0.889 bits per heavy atom. The predicted molar refractivity (Wildman–Crippen MR) is 76.2 cm³/mol. The lowest BCUT2D eigenvalue weighted by molar-refractivity contribution is 0.511. The molecule has 0 spiro atoms. The normalized spacial score (nSPS) is 22.8. The fraction of sp³-hybridized carbons (Fsp3) is 0.176. The van der Waals surface area contributed by atoms with Gasteiger partial charge in [-0.2, -0.15) is 0 Å². The molecule has 0 bridgehead atoms. The van der Waals surface area contributed by atoms with Gasteiger partial charge in [0.2, 0.25) is 0 Å². The van der Waals surface area contributed by atoms with Gasteiger partial charge in [-0.05, 0) is 23.6 Å². The molecule has 0 saturated heterocycles. The van der Waals surface area contributed by atoms with Crippen LogP contribution in [0.4, 0.5) is 0 Å². The second-order valence-corrected chi connectivity index (χ2v) is 4.96. The van der Waals surface area contributed by atoms with Crippen molar-refractivity contribution in [2.24, 2.45) is 0 Å². The molecule has 0 aromatic heterocycles. The zero-order chi connectivity index (χ0) is 12.4. The molecule has 1 atom stereocenters. The highest BCUT2D eigenvalue weighted by Crippen LogP contribution is 2.31. The van der Waals surface area contributed by atoms with E-state index in [0.29, 0.717) is 0 Å². The fourth-order valence-electron chi connectivity index (χ4n) is 2.54. The molecule has 1 aliphatic heterocycles. The Hall–Kier alpha value is -1.86. The number of hydrogen-bond acceptors (Lipinski definition) is 1. The fourth-order valence-corrected chi connectivity index (χ4v) is 2.54. The summed E-state index contributed by atoms with van der Waals surface area (Å²) in [6, 6.07) is 21.2. The van der Waals surface area contributed by atoms with Crippen LogP contribution in [0, 0.1) is 0 Å². The van der Waals surface area contributed by atoms with Gasteiger partial charge in [0.15, 0.2) is 0 Å². The lowest BCUT2D eigenvalue weighted by atomic mass is 9.92. The molecule has 0 amide bonds. The predicted octanol–water partition coefficient (Wildman–Crippen LogP) is 3.59. The Kier molecular flexibility index (Phi) is 2.77. The van der Waals surface area contributed by atoms with Gasteiger partial charge >= 0.3 is 0 Å². The highest BCUT2D eigenvalue weighted by atomic mass is 15.0. The minimum absolute atomic E-state index is 0.0492. The van der Waals surface area contributed by atoms with Crippen molar-refractivity contribution in [3.63, 3.8) is 0 Å². The molecule has 0 saturated carbocycles. The van der Waals surface area contributed by atoms with Gasteiger partial charge < -0.3 is 5.32 Å². The van der Waals surface area contributed by atoms with Crippen LogP contribution < -0.4 is 5.32 Å². The summed E-state index contributed by atoms with van der Waals surface area (Å²) in [7, 11) is 0. The van der Waals surface area contributed by atoms with Gasteiger partial charge in [0.1, 0.15) is 0 Å². The number of benzene rings is 2. The van der Waals surface area contributed by atoms with Gasteiger partial charge in [0.25, 0.3) is 0 Å². The van der Waals surface area contributed by atoms with Crippen LogP contribution in [0.15, 0.2) is 66.7 Å². The van der Waals surface area contributed by atoms with E-state index in [0.717, 1.165) is 6.54 Å². The van der Waals surface area contributed by atoms with Crippen LogP contribution >= 0.6 is 0 Å². The first-order valence-electron chi connectivity index (χ1n) is 6.36. The van der Waals surface area contributed by atoms with Gasteiger partial charge in [-0.1, -0.05) is 66.7 Å². The van der Waals surface area contributed by atoms with Crippen LogP contribution in [0.5, 0.6) is 0 Å². The SMILES string of the molecule is CC1(c2ccccc2)C=C(c2ccccc2)CN1. The van der Waals surface area contributed by atoms with Crippen molar-refractivity contribution in [3.05, 3.63) is 77.9 Å². The summed E-state index contributed by atoms with van der Waals surface area (Å²) in [5.41, 5.74) is 3.95. The van der Waals surface area contributed by atoms with Crippen molar-refractivity contribution >= 4 is 5.57 Å². The molecule has 0 aliphatic carbocycles. The third-order valence-corrected chi connectivity index (χ3v) is 3.63. The maximum atomic E-state index is 3.61. The molecule has 18 heavy (non-hydrogen) atoms. The van der Waals surface area contributed by atoms with Crippen molar-refractivity contribution < 1.29 is 0 Å². The van der Waals surface area contributed by atoms with E-state index in [4.69, 9.17) is 0 Å². The molecule has 2 aromatic rings. The average molecular weight is 235 g/mol. The van der Waals surface area contributed by atoms with E-state index in [-0.39, 0.29) is 5.54 Å². The molecule has 2 aromatic carbocycles. The van der Waals surface area contributed by atoms with Gasteiger partial charge in [-0.25, -0.2) is 0 Å². The van der Waals surface area contributed by atoms with E-state index in [1.54, 1.807) is 0 Å². The third-order valence-electron chi connectivity index (χ3n) is 3.63. The first-order valence-corrected chi connectivity index (χ1v) is 6.36. The summed E-state index contributed by atoms with van der Waals surface area (Å²) in [4.78, 5) is 0. The quantitative estimate of drug-likeness (QED) is 0.838. The van der Waals surface area contributed by atoms with E-state index in [1.807, 2.05) is 0 Å². The van der Waals surface area contributed by atoms with Crippen molar-refractivity contribution in [2.75, 3.05) is 6.54 Å². The highest BCUT2D eigenvalue weighted by Gasteiger charge is 2.29. The third kappa shape index (κ3) is 1.98. The Balaban J connectivity index is 1.96. The Morgan fingerprint density at radius 3 is 2.17 bits per heavy atom. The monoisotopic (exact) mass is 235 g/mol. The van der Waals surface area contributed by atoms with Crippen molar-refractivity contribution in [1.29, 1.82) is 0 Å². The lowest BCUT2D eigenvalue weighted by Gasteiger charge is -2.23. The van der Waals surface area contributed by atoms with Crippen LogP contribution in [0.1, 0.15) is 18.1 Å². The Morgan fingerprint density at radius 2 is 1.50 bits per heavy atom. The summed E-state index contributed by atoms with van der Waals surface area (Å²) in [6.07, 6.45) is 2.34. The van der Waals surface area contributed by atoms with Crippen molar-refractivity contribution in [3.8, 4) is 0 Å². The van der Waals surface area contributed by atoms with Crippen LogP contribution in [0.3, 0.4) is 0 Å². The van der Waals surface area contributed by atoms with E-state index in [9.17, 15) is 0 Å². The van der Waals surface area contributed by atoms with Gasteiger partial charge in [-0.15, -0.1) is 0 Å². The summed E-state index contributed by atoms with van der Waals surface area (Å²) >= 11 is 0. The summed E-state index contributed by atoms with van der Waals surface area (Å²) in [5.74, 6) is 0.